The van der Waals surface area contributed by atoms with Crippen LogP contribution in [0.3, 0.4) is 0 Å². The minimum Gasteiger partial charge on any atom is -0.381 e. The molecule has 6 heteroatoms. The van der Waals surface area contributed by atoms with Crippen molar-refractivity contribution in [1.82, 2.24) is 4.90 Å². The van der Waals surface area contributed by atoms with Crippen molar-refractivity contribution in [1.29, 1.82) is 0 Å². The zero-order chi connectivity index (χ0) is 13.6. The molecule has 1 unspecified atom stereocenters. The summed E-state index contributed by atoms with van der Waals surface area (Å²) >= 11 is 0. The Balaban J connectivity index is 0.00000324. The Kier molecular flexibility index (Phi) is 8.93. The maximum absolute atomic E-state index is 6.03. The van der Waals surface area contributed by atoms with E-state index in [1.54, 1.807) is 0 Å². The van der Waals surface area contributed by atoms with Gasteiger partial charge in [-0.2, -0.15) is 0 Å². The van der Waals surface area contributed by atoms with E-state index in [-0.39, 0.29) is 35.5 Å². The molecule has 0 saturated carbocycles. The number of rotatable bonds is 5. The van der Waals surface area contributed by atoms with Crippen molar-refractivity contribution in [3.05, 3.63) is 0 Å². The van der Waals surface area contributed by atoms with Gasteiger partial charge in [-0.1, -0.05) is 13.8 Å². The third-order valence-electron chi connectivity index (χ3n) is 2.93. The molecule has 0 aromatic carbocycles. The molecule has 1 heterocycles. The molecule has 19 heavy (non-hydrogen) atoms. The minimum absolute atomic E-state index is 0. The molecule has 1 rings (SSSR count). The summed E-state index contributed by atoms with van der Waals surface area (Å²) in [7, 11) is 0. The van der Waals surface area contributed by atoms with Gasteiger partial charge in [0.1, 0.15) is 0 Å². The van der Waals surface area contributed by atoms with Crippen molar-refractivity contribution in [2.75, 3.05) is 39.5 Å². The number of morpholine rings is 1. The van der Waals surface area contributed by atoms with Gasteiger partial charge in [-0.3, -0.25) is 4.99 Å². The molecule has 0 aliphatic carbocycles. The van der Waals surface area contributed by atoms with Gasteiger partial charge in [0, 0.05) is 25.1 Å². The lowest BCUT2D eigenvalue weighted by Crippen LogP contribution is -2.48. The Bertz CT molecular complexity index is 285. The van der Waals surface area contributed by atoms with E-state index >= 15 is 0 Å². The van der Waals surface area contributed by atoms with Crippen molar-refractivity contribution in [2.24, 2.45) is 16.1 Å². The van der Waals surface area contributed by atoms with Crippen LogP contribution in [0.2, 0.25) is 0 Å². The number of nitrogens with zero attached hydrogens (tertiary/aromatic N) is 2. The van der Waals surface area contributed by atoms with E-state index in [9.17, 15) is 0 Å². The molecule has 1 atom stereocenters. The zero-order valence-electron chi connectivity index (χ0n) is 12.5. The van der Waals surface area contributed by atoms with Crippen molar-refractivity contribution in [3.63, 3.8) is 0 Å². The molecule has 1 aliphatic rings. The van der Waals surface area contributed by atoms with Gasteiger partial charge in [-0.05, 0) is 13.8 Å². The van der Waals surface area contributed by atoms with Crippen LogP contribution in [-0.2, 0) is 9.47 Å². The predicted octanol–water partition coefficient (Wildman–Crippen LogP) is 1.70. The molecule has 0 spiro atoms. The maximum atomic E-state index is 6.03. The van der Waals surface area contributed by atoms with Crippen molar-refractivity contribution < 1.29 is 9.47 Å². The van der Waals surface area contributed by atoms with Crippen LogP contribution in [0.5, 0.6) is 0 Å². The fourth-order valence-electron chi connectivity index (χ4n) is 1.85. The third-order valence-corrected chi connectivity index (χ3v) is 2.93. The topological polar surface area (TPSA) is 60.1 Å². The number of guanidine groups is 1. The van der Waals surface area contributed by atoms with Gasteiger partial charge in [-0.25, -0.2) is 0 Å². The third kappa shape index (κ3) is 7.31. The first-order valence-corrected chi connectivity index (χ1v) is 6.69. The molecule has 1 fully saturated rings. The first kappa shape index (κ1) is 18.9. The van der Waals surface area contributed by atoms with Gasteiger partial charge in [0.25, 0.3) is 0 Å². The van der Waals surface area contributed by atoms with E-state index in [1.807, 2.05) is 6.92 Å². The van der Waals surface area contributed by atoms with E-state index < -0.39 is 0 Å². The van der Waals surface area contributed by atoms with Crippen LogP contribution < -0.4 is 5.73 Å². The molecule has 0 aromatic rings. The average Bonchev–Trinajstić information content (AvgIpc) is 2.34. The van der Waals surface area contributed by atoms with Crippen molar-refractivity contribution >= 4 is 29.9 Å². The van der Waals surface area contributed by atoms with Crippen molar-refractivity contribution in [3.8, 4) is 0 Å². The highest BCUT2D eigenvalue weighted by Gasteiger charge is 2.21. The van der Waals surface area contributed by atoms with E-state index in [2.05, 4.69) is 30.7 Å². The average molecular weight is 385 g/mol. The first-order valence-electron chi connectivity index (χ1n) is 6.69. The van der Waals surface area contributed by atoms with Crippen LogP contribution >= 0.6 is 24.0 Å². The number of aliphatic imine (C=N–C) groups is 1. The van der Waals surface area contributed by atoms with Gasteiger partial charge in [0.05, 0.1) is 25.9 Å². The Morgan fingerprint density at radius 1 is 1.53 bits per heavy atom. The highest BCUT2D eigenvalue weighted by molar-refractivity contribution is 14.0. The van der Waals surface area contributed by atoms with E-state index in [1.165, 1.54) is 0 Å². The molecule has 1 saturated heterocycles. The fraction of sp³-hybridized carbons (Fsp3) is 0.923. The fourth-order valence-corrected chi connectivity index (χ4v) is 1.85. The van der Waals surface area contributed by atoms with Gasteiger partial charge in [0.2, 0.25) is 0 Å². The highest BCUT2D eigenvalue weighted by Crippen LogP contribution is 2.16. The Morgan fingerprint density at radius 3 is 2.79 bits per heavy atom. The van der Waals surface area contributed by atoms with E-state index in [0.29, 0.717) is 19.1 Å². The summed E-state index contributed by atoms with van der Waals surface area (Å²) in [6.45, 7) is 12.8. The van der Waals surface area contributed by atoms with Crippen LogP contribution in [0.4, 0.5) is 0 Å². The molecule has 114 valence electrons. The standard InChI is InChI=1S/C13H27N3O2.HI/c1-5-17-10-13(3,4)9-15-12(14)16-6-7-18-11(2)8-16;/h11H,5-10H2,1-4H3,(H2,14,15);1H. The van der Waals surface area contributed by atoms with Gasteiger partial charge < -0.3 is 20.1 Å². The van der Waals surface area contributed by atoms with Crippen LogP contribution in [0.25, 0.3) is 0 Å². The molecule has 5 nitrogen and oxygen atoms in total. The minimum atomic E-state index is 0. The predicted molar refractivity (Wildman–Crippen MR) is 89.2 cm³/mol. The molecule has 0 amide bonds. The molecule has 0 bridgehead atoms. The lowest BCUT2D eigenvalue weighted by molar-refractivity contribution is 0.00514. The molecule has 0 aromatic heterocycles. The summed E-state index contributed by atoms with van der Waals surface area (Å²) in [5, 5.41) is 0. The number of halogens is 1. The van der Waals surface area contributed by atoms with Crippen LogP contribution in [0.1, 0.15) is 27.7 Å². The summed E-state index contributed by atoms with van der Waals surface area (Å²) < 4.78 is 10.9. The van der Waals surface area contributed by atoms with Gasteiger partial charge in [0.15, 0.2) is 5.96 Å². The summed E-state index contributed by atoms with van der Waals surface area (Å²) in [4.78, 5) is 6.58. The molecular formula is C13H28IN3O2. The maximum Gasteiger partial charge on any atom is 0.191 e. The normalized spacial score (nSPS) is 21.2. The summed E-state index contributed by atoms with van der Waals surface area (Å²) in [6, 6.07) is 0. The van der Waals surface area contributed by atoms with E-state index in [4.69, 9.17) is 15.2 Å². The highest BCUT2D eigenvalue weighted by atomic mass is 127. The van der Waals surface area contributed by atoms with Crippen LogP contribution in [0, 0.1) is 5.41 Å². The Morgan fingerprint density at radius 2 is 2.21 bits per heavy atom. The van der Waals surface area contributed by atoms with Gasteiger partial charge >= 0.3 is 0 Å². The van der Waals surface area contributed by atoms with Crippen molar-refractivity contribution in [2.45, 2.75) is 33.8 Å². The summed E-state index contributed by atoms with van der Waals surface area (Å²) in [6.07, 6.45) is 0.226. The van der Waals surface area contributed by atoms with Gasteiger partial charge in [-0.15, -0.1) is 24.0 Å². The summed E-state index contributed by atoms with van der Waals surface area (Å²) in [5.41, 5.74) is 6.05. The number of hydrogen-bond donors (Lipinski definition) is 1. The molecule has 0 radical (unpaired) electrons. The Hall–Kier alpha value is -0.0800. The van der Waals surface area contributed by atoms with E-state index in [0.717, 1.165) is 26.3 Å². The SMILES string of the molecule is CCOCC(C)(C)CN=C(N)N1CCOC(C)C1.I. The quantitative estimate of drug-likeness (QED) is 0.445. The molecular weight excluding hydrogens is 357 g/mol. The molecule has 2 N–H and O–H groups in total. The Labute approximate surface area is 133 Å². The largest absolute Gasteiger partial charge is 0.381 e. The second-order valence-electron chi connectivity index (χ2n) is 5.60. The number of nitrogens with two attached hydrogens (primary N) is 1. The summed E-state index contributed by atoms with van der Waals surface area (Å²) in [5.74, 6) is 0.620. The van der Waals surface area contributed by atoms with Crippen LogP contribution in [0.15, 0.2) is 4.99 Å². The smallest absolute Gasteiger partial charge is 0.191 e. The lowest BCUT2D eigenvalue weighted by Gasteiger charge is -2.32. The lowest BCUT2D eigenvalue weighted by atomic mass is 9.95. The monoisotopic (exact) mass is 385 g/mol. The second-order valence-corrected chi connectivity index (χ2v) is 5.60. The molecule has 1 aliphatic heterocycles. The zero-order valence-corrected chi connectivity index (χ0v) is 14.8. The second kappa shape index (κ2) is 8.97. The number of ether oxygens (including phenoxy) is 2. The van der Waals surface area contributed by atoms with Crippen LogP contribution in [-0.4, -0.2) is 56.4 Å². The first-order chi connectivity index (χ1) is 8.44. The number of hydrogen-bond acceptors (Lipinski definition) is 3.